The molecule has 0 aliphatic carbocycles. The zero-order valence-corrected chi connectivity index (χ0v) is 14.3. The number of ether oxygens (including phenoxy) is 1. The molecule has 0 amide bonds. The van der Waals surface area contributed by atoms with Gasteiger partial charge in [-0.1, -0.05) is 6.07 Å². The smallest absolute Gasteiger partial charge is 0.343 e. The lowest BCUT2D eigenvalue weighted by molar-refractivity contribution is 0.0735. The van der Waals surface area contributed by atoms with E-state index in [1.807, 2.05) is 24.3 Å². The van der Waals surface area contributed by atoms with Crippen LogP contribution in [0.3, 0.4) is 0 Å². The Morgan fingerprint density at radius 1 is 0.963 bits per heavy atom. The molecule has 7 nitrogen and oxygen atoms in total. The van der Waals surface area contributed by atoms with Crippen LogP contribution >= 0.6 is 0 Å². The maximum atomic E-state index is 11.9. The number of esters is 1. The van der Waals surface area contributed by atoms with Crippen LogP contribution in [-0.2, 0) is 0 Å². The first-order valence-electron chi connectivity index (χ1n) is 7.85. The Labute approximate surface area is 156 Å². The van der Waals surface area contributed by atoms with Gasteiger partial charge in [0.05, 0.1) is 22.9 Å². The summed E-state index contributed by atoms with van der Waals surface area (Å²) in [5, 5.41) is 8.69. The van der Waals surface area contributed by atoms with Gasteiger partial charge in [0.1, 0.15) is 5.75 Å². The molecule has 0 fully saturated rings. The molecule has 0 bridgehead atoms. The van der Waals surface area contributed by atoms with Crippen molar-refractivity contribution in [2.45, 2.75) is 0 Å². The molecule has 2 aromatic carbocycles. The van der Waals surface area contributed by atoms with Crippen molar-refractivity contribution in [2.24, 2.45) is 16.5 Å². The van der Waals surface area contributed by atoms with Gasteiger partial charge in [-0.2, -0.15) is 5.26 Å². The first-order chi connectivity index (χ1) is 13.1. The predicted octanol–water partition coefficient (Wildman–Crippen LogP) is 2.76. The number of aromatic nitrogens is 1. The van der Waals surface area contributed by atoms with Crippen molar-refractivity contribution >= 4 is 17.6 Å². The number of pyridine rings is 1. The van der Waals surface area contributed by atoms with Crippen LogP contribution in [-0.4, -0.2) is 16.9 Å². The Morgan fingerprint density at radius 3 is 2.04 bits per heavy atom. The number of carbonyl (C=O) groups excluding carboxylic acids is 1. The molecular weight excluding hydrogens is 342 g/mol. The van der Waals surface area contributed by atoms with E-state index in [0.29, 0.717) is 22.6 Å². The topological polar surface area (TPSA) is 127 Å². The monoisotopic (exact) mass is 359 g/mol. The summed E-state index contributed by atoms with van der Waals surface area (Å²) < 4.78 is 5.19. The van der Waals surface area contributed by atoms with E-state index in [2.05, 4.69) is 9.98 Å². The highest BCUT2D eigenvalue weighted by atomic mass is 16.5. The largest absolute Gasteiger partial charge is 0.423 e. The van der Waals surface area contributed by atoms with E-state index in [0.717, 1.165) is 0 Å². The van der Waals surface area contributed by atoms with Gasteiger partial charge < -0.3 is 16.2 Å². The molecule has 3 rings (SSSR count). The lowest BCUT2D eigenvalue weighted by Gasteiger charge is -2.04. The van der Waals surface area contributed by atoms with Gasteiger partial charge in [-0.15, -0.1) is 0 Å². The number of guanidine groups is 1. The Hall–Kier alpha value is -4.18. The highest BCUT2D eigenvalue weighted by molar-refractivity contribution is 5.91. The van der Waals surface area contributed by atoms with Crippen LogP contribution in [0.1, 0.15) is 15.9 Å². The zero-order valence-electron chi connectivity index (χ0n) is 14.3. The summed E-state index contributed by atoms with van der Waals surface area (Å²) in [6.45, 7) is 0. The molecule has 0 spiro atoms. The second kappa shape index (κ2) is 9.96. The molecule has 0 radical (unpaired) electrons. The van der Waals surface area contributed by atoms with Crippen LogP contribution in [0.2, 0.25) is 0 Å². The molecule has 0 aliphatic heterocycles. The van der Waals surface area contributed by atoms with Gasteiger partial charge in [-0.05, 0) is 60.7 Å². The first-order valence-corrected chi connectivity index (χ1v) is 7.85. The van der Waals surface area contributed by atoms with Crippen molar-refractivity contribution < 1.29 is 9.53 Å². The molecule has 7 heteroatoms. The minimum atomic E-state index is -0.504. The van der Waals surface area contributed by atoms with Crippen LogP contribution in [0.5, 0.6) is 5.75 Å². The van der Waals surface area contributed by atoms with Crippen LogP contribution in [0.4, 0.5) is 5.69 Å². The number of aliphatic imine (C=N–C) groups is 1. The molecule has 0 atom stereocenters. The minimum Gasteiger partial charge on any atom is -0.423 e. The molecule has 27 heavy (non-hydrogen) atoms. The fraction of sp³-hybridized carbons (Fsp3) is 0. The number of nitrogens with two attached hydrogens (primary N) is 2. The number of hydrogen-bond donors (Lipinski definition) is 2. The average molecular weight is 359 g/mol. The number of nitrogens with zero attached hydrogens (tertiary/aromatic N) is 3. The second-order valence-corrected chi connectivity index (χ2v) is 5.13. The molecule has 4 N–H and O–H groups in total. The molecule has 0 saturated heterocycles. The summed E-state index contributed by atoms with van der Waals surface area (Å²) in [7, 11) is 0. The molecule has 3 aromatic rings. The van der Waals surface area contributed by atoms with Gasteiger partial charge in [0, 0.05) is 12.4 Å². The van der Waals surface area contributed by atoms with Crippen LogP contribution < -0.4 is 16.2 Å². The van der Waals surface area contributed by atoms with Crippen LogP contribution in [0, 0.1) is 11.3 Å². The molecular formula is C20H17N5O2. The maximum Gasteiger partial charge on any atom is 0.343 e. The van der Waals surface area contributed by atoms with Crippen molar-refractivity contribution in [2.75, 3.05) is 0 Å². The van der Waals surface area contributed by atoms with Crippen LogP contribution in [0.25, 0.3) is 0 Å². The summed E-state index contributed by atoms with van der Waals surface area (Å²) in [4.78, 5) is 19.6. The number of rotatable bonds is 3. The van der Waals surface area contributed by atoms with E-state index in [9.17, 15) is 4.79 Å². The summed E-state index contributed by atoms with van der Waals surface area (Å²) in [5.41, 5.74) is 11.9. The summed E-state index contributed by atoms with van der Waals surface area (Å²) >= 11 is 0. The molecule has 0 saturated carbocycles. The quantitative estimate of drug-likeness (QED) is 0.320. The zero-order chi connectivity index (χ0) is 19.5. The SMILES string of the molecule is N#Cc1ccc(OC(=O)c2ccc(N=C(N)N)cc2)cc1.c1ccncc1. The number of carbonyl (C=O) groups is 1. The molecule has 0 unspecified atom stereocenters. The highest BCUT2D eigenvalue weighted by Gasteiger charge is 2.08. The van der Waals surface area contributed by atoms with E-state index < -0.39 is 5.97 Å². The Bertz CT molecular complexity index is 900. The number of nitriles is 1. The van der Waals surface area contributed by atoms with Crippen molar-refractivity contribution in [1.29, 1.82) is 5.26 Å². The molecule has 1 aromatic heterocycles. The fourth-order valence-corrected chi connectivity index (χ4v) is 1.90. The number of benzene rings is 2. The van der Waals surface area contributed by atoms with Crippen molar-refractivity contribution in [3.05, 3.63) is 90.3 Å². The van der Waals surface area contributed by atoms with Gasteiger partial charge >= 0.3 is 5.97 Å². The van der Waals surface area contributed by atoms with Gasteiger partial charge in [0.25, 0.3) is 0 Å². The minimum absolute atomic E-state index is 0.0529. The van der Waals surface area contributed by atoms with Crippen molar-refractivity contribution in [3.8, 4) is 11.8 Å². The normalized spacial score (nSPS) is 9.15. The lowest BCUT2D eigenvalue weighted by Crippen LogP contribution is -2.21. The summed E-state index contributed by atoms with van der Waals surface area (Å²) in [6, 6.07) is 20.3. The molecule has 134 valence electrons. The summed E-state index contributed by atoms with van der Waals surface area (Å²) in [5.74, 6) is -0.189. The van der Waals surface area contributed by atoms with E-state index in [1.54, 1.807) is 60.9 Å². The predicted molar refractivity (Wildman–Crippen MR) is 102 cm³/mol. The van der Waals surface area contributed by atoms with Gasteiger partial charge in [0.2, 0.25) is 0 Å². The summed E-state index contributed by atoms with van der Waals surface area (Å²) in [6.07, 6.45) is 3.50. The lowest BCUT2D eigenvalue weighted by atomic mass is 10.2. The van der Waals surface area contributed by atoms with Gasteiger partial charge in [-0.25, -0.2) is 9.79 Å². The van der Waals surface area contributed by atoms with E-state index >= 15 is 0 Å². The van der Waals surface area contributed by atoms with E-state index in [1.165, 1.54) is 0 Å². The molecule has 1 heterocycles. The third kappa shape index (κ3) is 6.68. The van der Waals surface area contributed by atoms with Crippen LogP contribution in [0.15, 0.2) is 84.1 Å². The van der Waals surface area contributed by atoms with E-state index in [-0.39, 0.29) is 5.96 Å². The van der Waals surface area contributed by atoms with E-state index in [4.69, 9.17) is 21.5 Å². The maximum absolute atomic E-state index is 11.9. The number of hydrogen-bond acceptors (Lipinski definition) is 5. The average Bonchev–Trinajstić information content (AvgIpc) is 2.70. The molecule has 0 aliphatic rings. The van der Waals surface area contributed by atoms with Crippen molar-refractivity contribution in [3.63, 3.8) is 0 Å². The van der Waals surface area contributed by atoms with Gasteiger partial charge in [0.15, 0.2) is 5.96 Å². The fourth-order valence-electron chi connectivity index (χ4n) is 1.90. The van der Waals surface area contributed by atoms with Gasteiger partial charge in [-0.3, -0.25) is 4.98 Å². The highest BCUT2D eigenvalue weighted by Crippen LogP contribution is 2.16. The van der Waals surface area contributed by atoms with Crippen molar-refractivity contribution in [1.82, 2.24) is 4.98 Å². The standard InChI is InChI=1S/C15H12N4O2.C5H5N/c16-9-10-1-7-13(8-2-10)21-14(20)11-3-5-12(6-4-11)19-15(17)18;1-2-4-6-5-3-1/h1-8H,(H4,17,18,19);1-5H. The third-order valence-electron chi connectivity index (χ3n) is 3.12. The second-order valence-electron chi connectivity index (χ2n) is 5.13. The first kappa shape index (κ1) is 19.1. The Balaban J connectivity index is 0.000000369. The Morgan fingerprint density at radius 2 is 1.59 bits per heavy atom. The third-order valence-corrected chi connectivity index (χ3v) is 3.12. The Kier molecular flexibility index (Phi) is 7.06.